The molecule has 0 spiro atoms. The van der Waals surface area contributed by atoms with Crippen LogP contribution in [0.15, 0.2) is 0 Å². The lowest BCUT2D eigenvalue weighted by atomic mass is 9.98. The van der Waals surface area contributed by atoms with E-state index in [9.17, 15) is 4.79 Å². The van der Waals surface area contributed by atoms with Crippen LogP contribution < -0.4 is 11.1 Å². The van der Waals surface area contributed by atoms with E-state index >= 15 is 0 Å². The summed E-state index contributed by atoms with van der Waals surface area (Å²) in [6.07, 6.45) is 0.929. The molecule has 13 heavy (non-hydrogen) atoms. The summed E-state index contributed by atoms with van der Waals surface area (Å²) in [5, 5.41) is 2.87. The van der Waals surface area contributed by atoms with Gasteiger partial charge in [0.1, 0.15) is 0 Å². The molecule has 0 bridgehead atoms. The largest absolute Gasteiger partial charge is 0.350 e. The number of nitrogens with one attached hydrogen (secondary N) is 1. The molecule has 0 heterocycles. The summed E-state index contributed by atoms with van der Waals surface area (Å²) in [6.45, 7) is 9.89. The lowest BCUT2D eigenvalue weighted by Crippen LogP contribution is -2.51. The van der Waals surface area contributed by atoms with Crippen LogP contribution in [0.1, 0.15) is 41.0 Å². The third kappa shape index (κ3) is 4.88. The van der Waals surface area contributed by atoms with Crippen molar-refractivity contribution < 1.29 is 4.79 Å². The summed E-state index contributed by atoms with van der Waals surface area (Å²) in [4.78, 5) is 11.5. The van der Waals surface area contributed by atoms with Crippen molar-refractivity contribution in [1.29, 1.82) is 0 Å². The zero-order valence-corrected chi connectivity index (χ0v) is 9.35. The Kier molecular flexibility index (Phi) is 4.40. The third-order valence-corrected chi connectivity index (χ3v) is 2.06. The minimum atomic E-state index is -0.385. The first kappa shape index (κ1) is 12.4. The fourth-order valence-electron chi connectivity index (χ4n) is 0.965. The maximum absolute atomic E-state index is 11.5. The highest BCUT2D eigenvalue weighted by Gasteiger charge is 2.22. The summed E-state index contributed by atoms with van der Waals surface area (Å²) < 4.78 is 0. The Bertz CT molecular complexity index is 172. The molecule has 0 aromatic carbocycles. The highest BCUT2D eigenvalue weighted by atomic mass is 16.2. The van der Waals surface area contributed by atoms with E-state index in [-0.39, 0.29) is 23.4 Å². The normalized spacial score (nSPS) is 16.5. The first-order chi connectivity index (χ1) is 5.78. The minimum absolute atomic E-state index is 0.0538. The molecule has 0 saturated heterocycles. The molecule has 0 fully saturated rings. The zero-order chi connectivity index (χ0) is 10.6. The second-order valence-electron chi connectivity index (χ2n) is 4.65. The van der Waals surface area contributed by atoms with E-state index in [2.05, 4.69) is 5.32 Å². The van der Waals surface area contributed by atoms with Gasteiger partial charge in [0.2, 0.25) is 5.91 Å². The van der Waals surface area contributed by atoms with Crippen LogP contribution >= 0.6 is 0 Å². The van der Waals surface area contributed by atoms with E-state index in [1.807, 2.05) is 34.6 Å². The molecule has 3 heteroatoms. The van der Waals surface area contributed by atoms with Crippen LogP contribution in [0.4, 0.5) is 0 Å². The van der Waals surface area contributed by atoms with Gasteiger partial charge in [0, 0.05) is 5.54 Å². The average molecular weight is 186 g/mol. The lowest BCUT2D eigenvalue weighted by molar-refractivity contribution is -0.124. The first-order valence-electron chi connectivity index (χ1n) is 4.85. The standard InChI is InChI=1S/C10H22N2O/c1-6-7(2)8(11)9(13)12-10(3,4)5/h7-8H,6,11H2,1-5H3,(H,12,13)/t7?,8-/m0/s1. The van der Waals surface area contributed by atoms with Gasteiger partial charge in [-0.15, -0.1) is 0 Å². The molecule has 1 amide bonds. The number of hydrogen-bond acceptors (Lipinski definition) is 2. The van der Waals surface area contributed by atoms with Crippen molar-refractivity contribution >= 4 is 5.91 Å². The third-order valence-electron chi connectivity index (χ3n) is 2.06. The monoisotopic (exact) mass is 186 g/mol. The Morgan fingerprint density at radius 3 is 2.23 bits per heavy atom. The second-order valence-corrected chi connectivity index (χ2v) is 4.65. The van der Waals surface area contributed by atoms with Crippen molar-refractivity contribution in [1.82, 2.24) is 5.32 Å². The van der Waals surface area contributed by atoms with Gasteiger partial charge >= 0.3 is 0 Å². The Morgan fingerprint density at radius 1 is 1.46 bits per heavy atom. The molecule has 3 N–H and O–H groups in total. The Labute approximate surface area is 81.1 Å². The van der Waals surface area contributed by atoms with Gasteiger partial charge in [-0.2, -0.15) is 0 Å². The van der Waals surface area contributed by atoms with Crippen molar-refractivity contribution in [3.05, 3.63) is 0 Å². The predicted octanol–water partition coefficient (Wildman–Crippen LogP) is 1.27. The first-order valence-corrected chi connectivity index (χ1v) is 4.85. The topological polar surface area (TPSA) is 55.1 Å². The molecule has 78 valence electrons. The van der Waals surface area contributed by atoms with Crippen LogP contribution in [-0.4, -0.2) is 17.5 Å². The lowest BCUT2D eigenvalue weighted by Gasteiger charge is -2.25. The molecular weight excluding hydrogens is 164 g/mol. The number of rotatable bonds is 3. The van der Waals surface area contributed by atoms with Gasteiger partial charge in [0.25, 0.3) is 0 Å². The van der Waals surface area contributed by atoms with E-state index in [0.717, 1.165) is 6.42 Å². The number of carbonyl (C=O) groups is 1. The molecule has 0 saturated carbocycles. The van der Waals surface area contributed by atoms with Crippen molar-refractivity contribution in [2.24, 2.45) is 11.7 Å². The molecule has 1 unspecified atom stereocenters. The van der Waals surface area contributed by atoms with Crippen LogP contribution in [-0.2, 0) is 4.79 Å². The van der Waals surface area contributed by atoms with Gasteiger partial charge < -0.3 is 11.1 Å². The van der Waals surface area contributed by atoms with E-state index in [0.29, 0.717) is 0 Å². The average Bonchev–Trinajstić information content (AvgIpc) is 1.98. The fourth-order valence-corrected chi connectivity index (χ4v) is 0.965. The molecule has 0 aliphatic heterocycles. The molecule has 0 aromatic heterocycles. The van der Waals surface area contributed by atoms with Gasteiger partial charge in [-0.25, -0.2) is 0 Å². The Balaban J connectivity index is 4.12. The van der Waals surface area contributed by atoms with Gasteiger partial charge in [-0.3, -0.25) is 4.79 Å². The van der Waals surface area contributed by atoms with E-state index in [1.165, 1.54) is 0 Å². The summed E-state index contributed by atoms with van der Waals surface area (Å²) in [7, 11) is 0. The van der Waals surface area contributed by atoms with Crippen LogP contribution in [0.25, 0.3) is 0 Å². The van der Waals surface area contributed by atoms with Crippen LogP contribution in [0, 0.1) is 5.92 Å². The van der Waals surface area contributed by atoms with E-state index in [1.54, 1.807) is 0 Å². The minimum Gasteiger partial charge on any atom is -0.350 e. The highest BCUT2D eigenvalue weighted by molar-refractivity contribution is 5.82. The molecule has 0 aromatic rings. The van der Waals surface area contributed by atoms with Gasteiger partial charge in [0.05, 0.1) is 6.04 Å². The highest BCUT2D eigenvalue weighted by Crippen LogP contribution is 2.07. The predicted molar refractivity (Wildman–Crippen MR) is 55.3 cm³/mol. The smallest absolute Gasteiger partial charge is 0.237 e. The summed E-state index contributed by atoms with van der Waals surface area (Å²) in [5.41, 5.74) is 5.57. The SMILES string of the molecule is CCC(C)[C@H](N)C(=O)NC(C)(C)C. The van der Waals surface area contributed by atoms with Crippen LogP contribution in [0.2, 0.25) is 0 Å². The molecule has 0 radical (unpaired) electrons. The summed E-state index contributed by atoms with van der Waals surface area (Å²) in [6, 6.07) is -0.385. The van der Waals surface area contributed by atoms with Crippen LogP contribution in [0.5, 0.6) is 0 Å². The number of carbonyl (C=O) groups excluding carboxylic acids is 1. The van der Waals surface area contributed by atoms with E-state index < -0.39 is 0 Å². The Morgan fingerprint density at radius 2 is 1.92 bits per heavy atom. The van der Waals surface area contributed by atoms with Crippen molar-refractivity contribution in [3.63, 3.8) is 0 Å². The second kappa shape index (κ2) is 4.61. The van der Waals surface area contributed by atoms with Gasteiger partial charge in [0.15, 0.2) is 0 Å². The molecule has 0 aliphatic rings. The van der Waals surface area contributed by atoms with Gasteiger partial charge in [-0.05, 0) is 26.7 Å². The summed E-state index contributed by atoms with van der Waals surface area (Å²) >= 11 is 0. The maximum atomic E-state index is 11.5. The fraction of sp³-hybridized carbons (Fsp3) is 0.900. The Hall–Kier alpha value is -0.570. The van der Waals surface area contributed by atoms with Crippen molar-refractivity contribution in [3.8, 4) is 0 Å². The molecule has 0 aliphatic carbocycles. The number of nitrogens with two attached hydrogens (primary N) is 1. The van der Waals surface area contributed by atoms with Crippen LogP contribution in [0.3, 0.4) is 0 Å². The molecule has 0 rings (SSSR count). The molecular formula is C10H22N2O. The van der Waals surface area contributed by atoms with Crippen molar-refractivity contribution in [2.75, 3.05) is 0 Å². The number of hydrogen-bond donors (Lipinski definition) is 2. The number of amides is 1. The quantitative estimate of drug-likeness (QED) is 0.697. The summed E-state index contributed by atoms with van der Waals surface area (Å²) in [5.74, 6) is 0.184. The van der Waals surface area contributed by atoms with Gasteiger partial charge in [-0.1, -0.05) is 20.3 Å². The molecule has 3 nitrogen and oxygen atoms in total. The zero-order valence-electron chi connectivity index (χ0n) is 9.35. The van der Waals surface area contributed by atoms with Crippen molar-refractivity contribution in [2.45, 2.75) is 52.6 Å². The molecule has 2 atom stereocenters. The maximum Gasteiger partial charge on any atom is 0.237 e. The van der Waals surface area contributed by atoms with E-state index in [4.69, 9.17) is 5.73 Å².